The summed E-state index contributed by atoms with van der Waals surface area (Å²) < 4.78 is 32.8. The summed E-state index contributed by atoms with van der Waals surface area (Å²) in [6, 6.07) is 6.86. The van der Waals surface area contributed by atoms with Gasteiger partial charge in [-0.1, -0.05) is 6.92 Å². The number of rotatable bonds is 9. The number of ether oxygens (including phenoxy) is 1. The number of amides is 1. The molecule has 0 bridgehead atoms. The van der Waals surface area contributed by atoms with E-state index in [-0.39, 0.29) is 22.6 Å². The van der Waals surface area contributed by atoms with Crippen molar-refractivity contribution in [3.63, 3.8) is 0 Å². The molecule has 1 aromatic rings. The summed E-state index contributed by atoms with van der Waals surface area (Å²) in [5.74, 6) is 1.11. The van der Waals surface area contributed by atoms with Crippen LogP contribution in [0.25, 0.3) is 0 Å². The van der Waals surface area contributed by atoms with Crippen LogP contribution in [0.4, 0.5) is 0 Å². The fourth-order valence-corrected chi connectivity index (χ4v) is 5.72. The molecule has 1 saturated heterocycles. The van der Waals surface area contributed by atoms with Crippen molar-refractivity contribution < 1.29 is 17.9 Å². The van der Waals surface area contributed by atoms with Crippen molar-refractivity contribution in [2.75, 3.05) is 33.3 Å². The first-order chi connectivity index (χ1) is 14.4. The van der Waals surface area contributed by atoms with E-state index in [9.17, 15) is 13.2 Å². The lowest BCUT2D eigenvalue weighted by atomic mass is 9.81. The molecule has 1 aliphatic heterocycles. The lowest BCUT2D eigenvalue weighted by molar-refractivity contribution is -0.126. The minimum absolute atomic E-state index is 0.0518. The molecule has 1 saturated carbocycles. The van der Waals surface area contributed by atoms with Crippen molar-refractivity contribution in [2.24, 2.45) is 11.8 Å². The molecule has 3 rings (SSSR count). The van der Waals surface area contributed by atoms with Gasteiger partial charge in [0.05, 0.1) is 12.0 Å². The van der Waals surface area contributed by atoms with Crippen LogP contribution in [-0.2, 0) is 14.8 Å². The average molecular weight is 438 g/mol. The van der Waals surface area contributed by atoms with E-state index in [1.807, 2.05) is 0 Å². The molecule has 0 unspecified atom stereocenters. The van der Waals surface area contributed by atoms with Gasteiger partial charge in [0.15, 0.2) is 0 Å². The van der Waals surface area contributed by atoms with Crippen LogP contribution in [0.15, 0.2) is 29.2 Å². The minimum atomic E-state index is -3.53. The number of carbonyl (C=O) groups excluding carboxylic acids is 1. The number of methoxy groups -OCH3 is 1. The Kier molecular flexibility index (Phi) is 8.13. The van der Waals surface area contributed by atoms with Gasteiger partial charge in [-0.05, 0) is 81.8 Å². The maximum Gasteiger partial charge on any atom is 0.240 e. The van der Waals surface area contributed by atoms with Crippen molar-refractivity contribution >= 4 is 15.9 Å². The topological polar surface area (TPSA) is 87.7 Å². The van der Waals surface area contributed by atoms with Gasteiger partial charge in [-0.2, -0.15) is 0 Å². The van der Waals surface area contributed by atoms with Gasteiger partial charge in [-0.15, -0.1) is 0 Å². The lowest BCUT2D eigenvalue weighted by Gasteiger charge is -2.29. The zero-order valence-electron chi connectivity index (χ0n) is 18.1. The molecule has 1 atom stereocenters. The fourth-order valence-electron chi connectivity index (χ4n) is 4.60. The zero-order valence-corrected chi connectivity index (χ0v) is 18.9. The third-order valence-electron chi connectivity index (χ3n) is 6.57. The molecular weight excluding hydrogens is 402 g/mol. The zero-order chi connectivity index (χ0) is 21.6. The Morgan fingerprint density at radius 3 is 2.43 bits per heavy atom. The van der Waals surface area contributed by atoms with E-state index < -0.39 is 10.0 Å². The molecule has 1 aliphatic carbocycles. The second-order valence-corrected chi connectivity index (χ2v) is 10.2. The van der Waals surface area contributed by atoms with Crippen molar-refractivity contribution in [2.45, 2.75) is 56.4 Å². The van der Waals surface area contributed by atoms with E-state index in [1.54, 1.807) is 31.4 Å². The predicted octanol–water partition coefficient (Wildman–Crippen LogP) is 2.38. The van der Waals surface area contributed by atoms with Crippen LogP contribution >= 0.6 is 0 Å². The van der Waals surface area contributed by atoms with Crippen LogP contribution in [0.1, 0.15) is 45.4 Å². The Labute approximate surface area is 180 Å². The van der Waals surface area contributed by atoms with Gasteiger partial charge in [0, 0.05) is 25.0 Å². The van der Waals surface area contributed by atoms with Crippen molar-refractivity contribution in [1.82, 2.24) is 14.9 Å². The number of carbonyl (C=O) groups is 1. The van der Waals surface area contributed by atoms with Crippen LogP contribution in [0.3, 0.4) is 0 Å². The molecule has 8 heteroatoms. The molecule has 30 heavy (non-hydrogen) atoms. The minimum Gasteiger partial charge on any atom is -0.497 e. The number of nitrogens with zero attached hydrogens (tertiary/aromatic N) is 1. The molecule has 7 nitrogen and oxygen atoms in total. The van der Waals surface area contributed by atoms with E-state index in [0.29, 0.717) is 18.3 Å². The van der Waals surface area contributed by atoms with E-state index >= 15 is 0 Å². The van der Waals surface area contributed by atoms with E-state index in [1.165, 1.54) is 6.42 Å². The second kappa shape index (κ2) is 10.6. The Hall–Kier alpha value is -1.64. The van der Waals surface area contributed by atoms with Gasteiger partial charge in [0.1, 0.15) is 5.75 Å². The lowest BCUT2D eigenvalue weighted by Crippen LogP contribution is -2.43. The Morgan fingerprint density at radius 2 is 1.80 bits per heavy atom. The number of likely N-dealkylation sites (tertiary alicyclic amines) is 1. The second-order valence-electron chi connectivity index (χ2n) is 8.41. The summed E-state index contributed by atoms with van der Waals surface area (Å²) in [7, 11) is -1.98. The summed E-state index contributed by atoms with van der Waals surface area (Å²) in [5.41, 5.74) is 0. The molecular formula is C22H35N3O4S. The number of hydrogen-bond acceptors (Lipinski definition) is 5. The highest BCUT2D eigenvalue weighted by Crippen LogP contribution is 2.29. The third-order valence-corrected chi connectivity index (χ3v) is 8.01. The van der Waals surface area contributed by atoms with Crippen LogP contribution in [0, 0.1) is 11.8 Å². The Bertz CT molecular complexity index is 789. The average Bonchev–Trinajstić information content (AvgIpc) is 3.24. The van der Waals surface area contributed by atoms with Gasteiger partial charge in [0.2, 0.25) is 15.9 Å². The molecule has 2 aliphatic rings. The first kappa shape index (κ1) is 23.0. The number of benzene rings is 1. The van der Waals surface area contributed by atoms with E-state index in [0.717, 1.165) is 51.7 Å². The van der Waals surface area contributed by atoms with E-state index in [4.69, 9.17) is 4.74 Å². The van der Waals surface area contributed by atoms with Crippen molar-refractivity contribution in [1.29, 1.82) is 0 Å². The quantitative estimate of drug-likeness (QED) is 0.619. The summed E-state index contributed by atoms with van der Waals surface area (Å²) >= 11 is 0. The maximum atomic E-state index is 12.6. The smallest absolute Gasteiger partial charge is 0.240 e. The molecule has 1 amide bonds. The van der Waals surface area contributed by atoms with Crippen molar-refractivity contribution in [3.05, 3.63) is 24.3 Å². The maximum absolute atomic E-state index is 12.6. The molecule has 1 aromatic carbocycles. The highest BCUT2D eigenvalue weighted by atomic mass is 32.2. The summed E-state index contributed by atoms with van der Waals surface area (Å²) in [6.45, 7) is 5.50. The molecule has 0 spiro atoms. The van der Waals surface area contributed by atoms with Gasteiger partial charge in [-0.3, -0.25) is 9.69 Å². The van der Waals surface area contributed by atoms with Gasteiger partial charge in [-0.25, -0.2) is 13.1 Å². The molecule has 2 N–H and O–H groups in total. The van der Waals surface area contributed by atoms with Gasteiger partial charge in [0.25, 0.3) is 0 Å². The summed E-state index contributed by atoms with van der Waals surface area (Å²) in [6.07, 6.45) is 5.76. The van der Waals surface area contributed by atoms with Crippen LogP contribution in [0.2, 0.25) is 0 Å². The first-order valence-corrected chi connectivity index (χ1v) is 12.6. The molecule has 0 radical (unpaired) electrons. The number of hydrogen-bond donors (Lipinski definition) is 2. The van der Waals surface area contributed by atoms with Crippen LogP contribution in [0.5, 0.6) is 5.75 Å². The molecule has 0 aromatic heterocycles. The summed E-state index contributed by atoms with van der Waals surface area (Å²) in [4.78, 5) is 15.2. The largest absolute Gasteiger partial charge is 0.497 e. The predicted molar refractivity (Wildman–Crippen MR) is 117 cm³/mol. The molecule has 2 fully saturated rings. The molecule has 1 heterocycles. The normalized spacial score (nSPS) is 25.2. The van der Waals surface area contributed by atoms with Crippen LogP contribution < -0.4 is 14.8 Å². The number of sulfonamides is 1. The SMILES string of the molecule is CCN1CCC[C@H]1CNC(=O)C1CCC(CNS(=O)(=O)c2ccc(OC)cc2)CC1. The number of likely N-dealkylation sites (N-methyl/N-ethyl adjacent to an activating group) is 1. The highest BCUT2D eigenvalue weighted by Gasteiger charge is 2.29. The Balaban J connectivity index is 1.40. The summed E-state index contributed by atoms with van der Waals surface area (Å²) in [5, 5.41) is 3.16. The first-order valence-electron chi connectivity index (χ1n) is 11.1. The van der Waals surface area contributed by atoms with Gasteiger partial charge >= 0.3 is 0 Å². The van der Waals surface area contributed by atoms with Gasteiger partial charge < -0.3 is 10.1 Å². The third kappa shape index (κ3) is 5.95. The van der Waals surface area contributed by atoms with Crippen LogP contribution in [-0.4, -0.2) is 58.6 Å². The van der Waals surface area contributed by atoms with Crippen molar-refractivity contribution in [3.8, 4) is 5.75 Å². The fraction of sp³-hybridized carbons (Fsp3) is 0.682. The highest BCUT2D eigenvalue weighted by molar-refractivity contribution is 7.89. The molecule has 168 valence electrons. The van der Waals surface area contributed by atoms with E-state index in [2.05, 4.69) is 21.9 Å². The number of nitrogens with one attached hydrogen (secondary N) is 2. The monoisotopic (exact) mass is 437 g/mol. The standard InChI is InChI=1S/C22H35N3O4S/c1-3-25-14-4-5-19(25)16-23-22(26)18-8-6-17(7-9-18)15-24-30(27,28)21-12-10-20(29-2)11-13-21/h10-13,17-19,24H,3-9,14-16H2,1-2H3,(H,23,26)/t17?,18?,19-/m0/s1. The Morgan fingerprint density at radius 1 is 1.10 bits per heavy atom.